The van der Waals surface area contributed by atoms with E-state index in [2.05, 4.69) is 20.6 Å². The van der Waals surface area contributed by atoms with E-state index in [0.717, 1.165) is 5.56 Å². The Bertz CT molecular complexity index is 935. The van der Waals surface area contributed by atoms with Crippen LogP contribution in [-0.4, -0.2) is 16.0 Å². The second kappa shape index (κ2) is 8.12. The first kappa shape index (κ1) is 18.1. The van der Waals surface area contributed by atoms with E-state index in [-0.39, 0.29) is 12.4 Å². The van der Waals surface area contributed by atoms with Crippen molar-refractivity contribution in [1.82, 2.24) is 15.3 Å². The summed E-state index contributed by atoms with van der Waals surface area (Å²) in [6, 6.07) is 12.1. The molecule has 0 aliphatic rings. The molecule has 0 bridgehead atoms. The van der Waals surface area contributed by atoms with Crippen LogP contribution in [0.25, 0.3) is 11.3 Å². The molecule has 1 heterocycles. The van der Waals surface area contributed by atoms with Gasteiger partial charge in [0.05, 0.1) is 28.0 Å². The van der Waals surface area contributed by atoms with Gasteiger partial charge in [-0.15, -0.1) is 0 Å². The maximum absolute atomic E-state index is 13.0. The van der Waals surface area contributed by atoms with Crippen molar-refractivity contribution in [3.8, 4) is 11.3 Å². The van der Waals surface area contributed by atoms with E-state index in [9.17, 15) is 9.18 Å². The normalized spacial score (nSPS) is 10.4. The lowest BCUT2D eigenvalue weighted by atomic mass is 10.1. The van der Waals surface area contributed by atoms with Gasteiger partial charge >= 0.3 is 6.03 Å². The Hall–Kier alpha value is -2.70. The van der Waals surface area contributed by atoms with Crippen LogP contribution >= 0.6 is 23.2 Å². The fourth-order valence-electron chi connectivity index (χ4n) is 2.19. The predicted molar refractivity (Wildman–Crippen MR) is 99.7 cm³/mol. The fourth-order valence-corrected chi connectivity index (χ4v) is 2.49. The highest BCUT2D eigenvalue weighted by Gasteiger charge is 2.06. The maximum Gasteiger partial charge on any atom is 0.319 e. The molecule has 2 aromatic carbocycles. The van der Waals surface area contributed by atoms with Crippen LogP contribution in [0.3, 0.4) is 0 Å². The molecule has 0 spiro atoms. The number of benzene rings is 2. The molecule has 0 aliphatic heterocycles. The van der Waals surface area contributed by atoms with Gasteiger partial charge in [0.25, 0.3) is 0 Å². The van der Waals surface area contributed by atoms with Crippen molar-refractivity contribution in [2.75, 3.05) is 5.32 Å². The molecule has 0 fully saturated rings. The van der Waals surface area contributed by atoms with Gasteiger partial charge in [0.15, 0.2) is 0 Å². The van der Waals surface area contributed by atoms with Crippen LogP contribution in [-0.2, 0) is 6.54 Å². The standard InChI is InChI=1S/C18H13Cl2FN4O/c19-15-6-5-13(7-16(15)20)25-18(26)22-9-14-8-17(24-10-23-14)11-1-3-12(21)4-2-11/h1-8,10H,9H2,(H2,22,25,26). The van der Waals surface area contributed by atoms with E-state index in [1.807, 2.05) is 0 Å². The molecule has 3 aromatic rings. The molecular weight excluding hydrogens is 378 g/mol. The van der Waals surface area contributed by atoms with Crippen molar-refractivity contribution in [2.24, 2.45) is 0 Å². The molecular formula is C18H13Cl2FN4O. The monoisotopic (exact) mass is 390 g/mol. The molecule has 0 saturated heterocycles. The van der Waals surface area contributed by atoms with Crippen molar-refractivity contribution in [3.63, 3.8) is 0 Å². The minimum absolute atomic E-state index is 0.198. The lowest BCUT2D eigenvalue weighted by molar-refractivity contribution is 0.251. The number of nitrogens with zero attached hydrogens (tertiary/aromatic N) is 2. The van der Waals surface area contributed by atoms with Gasteiger partial charge in [-0.05, 0) is 48.5 Å². The van der Waals surface area contributed by atoms with Gasteiger partial charge in [-0.1, -0.05) is 23.2 Å². The average Bonchev–Trinajstić information content (AvgIpc) is 2.64. The summed E-state index contributed by atoms with van der Waals surface area (Å²) in [5, 5.41) is 6.11. The van der Waals surface area contributed by atoms with Crippen LogP contribution in [0, 0.1) is 5.82 Å². The summed E-state index contributed by atoms with van der Waals surface area (Å²) in [6.07, 6.45) is 1.40. The van der Waals surface area contributed by atoms with Gasteiger partial charge < -0.3 is 10.6 Å². The lowest BCUT2D eigenvalue weighted by Crippen LogP contribution is -2.28. The third kappa shape index (κ3) is 4.68. The first-order chi connectivity index (χ1) is 12.5. The first-order valence-electron chi connectivity index (χ1n) is 7.58. The highest BCUT2D eigenvalue weighted by atomic mass is 35.5. The molecule has 0 saturated carbocycles. The van der Waals surface area contributed by atoms with Crippen LogP contribution in [0.1, 0.15) is 5.69 Å². The molecule has 2 amide bonds. The molecule has 1 aromatic heterocycles. The number of rotatable bonds is 4. The summed E-state index contributed by atoms with van der Waals surface area (Å²) in [5.74, 6) is -0.316. The molecule has 0 aliphatic carbocycles. The molecule has 8 heteroatoms. The van der Waals surface area contributed by atoms with Crippen LogP contribution in [0.2, 0.25) is 10.0 Å². The third-order valence-electron chi connectivity index (χ3n) is 3.47. The van der Waals surface area contributed by atoms with Crippen molar-refractivity contribution in [2.45, 2.75) is 6.54 Å². The number of aromatic nitrogens is 2. The number of urea groups is 1. The lowest BCUT2D eigenvalue weighted by Gasteiger charge is -2.09. The minimum atomic E-state index is -0.412. The summed E-state index contributed by atoms with van der Waals surface area (Å²) >= 11 is 11.7. The van der Waals surface area contributed by atoms with Crippen molar-refractivity contribution in [3.05, 3.63) is 76.4 Å². The highest BCUT2D eigenvalue weighted by Crippen LogP contribution is 2.25. The number of carbonyl (C=O) groups excluding carboxylic acids is 1. The Morgan fingerprint density at radius 1 is 1.00 bits per heavy atom. The topological polar surface area (TPSA) is 66.9 Å². The Labute approximate surface area is 159 Å². The summed E-state index contributed by atoms with van der Waals surface area (Å²) in [5.41, 5.74) is 2.53. The fraction of sp³-hybridized carbons (Fsp3) is 0.0556. The Morgan fingerprint density at radius 2 is 1.77 bits per heavy atom. The molecule has 132 valence electrons. The number of nitrogens with one attached hydrogen (secondary N) is 2. The summed E-state index contributed by atoms with van der Waals surface area (Å²) in [4.78, 5) is 20.3. The molecule has 26 heavy (non-hydrogen) atoms. The molecule has 0 unspecified atom stereocenters. The van der Waals surface area contributed by atoms with E-state index in [1.165, 1.54) is 18.5 Å². The quantitative estimate of drug-likeness (QED) is 0.664. The van der Waals surface area contributed by atoms with Crippen LogP contribution < -0.4 is 10.6 Å². The van der Waals surface area contributed by atoms with Crippen LogP contribution in [0.5, 0.6) is 0 Å². The van der Waals surface area contributed by atoms with Gasteiger partial charge in [-0.25, -0.2) is 19.2 Å². The summed E-state index contributed by atoms with van der Waals surface area (Å²) in [6.45, 7) is 0.198. The maximum atomic E-state index is 13.0. The number of hydrogen-bond acceptors (Lipinski definition) is 3. The van der Waals surface area contributed by atoms with Gasteiger partial charge in [-0.2, -0.15) is 0 Å². The Morgan fingerprint density at radius 3 is 2.50 bits per heavy atom. The van der Waals surface area contributed by atoms with Crippen molar-refractivity contribution >= 4 is 34.9 Å². The van der Waals surface area contributed by atoms with E-state index in [0.29, 0.717) is 27.1 Å². The number of hydrogen-bond donors (Lipinski definition) is 2. The molecule has 5 nitrogen and oxygen atoms in total. The predicted octanol–water partition coefficient (Wildman–Crippen LogP) is 4.91. The third-order valence-corrected chi connectivity index (χ3v) is 4.21. The average molecular weight is 391 g/mol. The zero-order chi connectivity index (χ0) is 18.5. The molecule has 2 N–H and O–H groups in total. The number of amides is 2. The summed E-state index contributed by atoms with van der Waals surface area (Å²) in [7, 11) is 0. The number of carbonyl (C=O) groups is 1. The first-order valence-corrected chi connectivity index (χ1v) is 8.33. The second-order valence-electron chi connectivity index (χ2n) is 5.34. The van der Waals surface area contributed by atoms with Crippen molar-refractivity contribution < 1.29 is 9.18 Å². The second-order valence-corrected chi connectivity index (χ2v) is 6.15. The zero-order valence-electron chi connectivity index (χ0n) is 13.3. The van der Waals surface area contributed by atoms with Gasteiger partial charge in [0.1, 0.15) is 12.1 Å². The Kier molecular flexibility index (Phi) is 5.65. The van der Waals surface area contributed by atoms with Crippen LogP contribution in [0.15, 0.2) is 54.9 Å². The largest absolute Gasteiger partial charge is 0.332 e. The van der Waals surface area contributed by atoms with E-state index in [4.69, 9.17) is 23.2 Å². The van der Waals surface area contributed by atoms with E-state index >= 15 is 0 Å². The number of halogens is 3. The Balaban J connectivity index is 1.62. The SMILES string of the molecule is O=C(NCc1cc(-c2ccc(F)cc2)ncn1)Nc1ccc(Cl)c(Cl)c1. The van der Waals surface area contributed by atoms with Gasteiger partial charge in [-0.3, -0.25) is 0 Å². The molecule has 0 atom stereocenters. The van der Waals surface area contributed by atoms with E-state index < -0.39 is 6.03 Å². The zero-order valence-corrected chi connectivity index (χ0v) is 14.9. The van der Waals surface area contributed by atoms with E-state index in [1.54, 1.807) is 36.4 Å². The van der Waals surface area contributed by atoms with Crippen LogP contribution in [0.4, 0.5) is 14.9 Å². The molecule has 0 radical (unpaired) electrons. The minimum Gasteiger partial charge on any atom is -0.332 e. The van der Waals surface area contributed by atoms with Gasteiger partial charge in [0.2, 0.25) is 0 Å². The molecule has 3 rings (SSSR count). The van der Waals surface area contributed by atoms with Crippen molar-refractivity contribution in [1.29, 1.82) is 0 Å². The summed E-state index contributed by atoms with van der Waals surface area (Å²) < 4.78 is 13.0. The van der Waals surface area contributed by atoms with Gasteiger partial charge in [0, 0.05) is 11.3 Å². The smallest absolute Gasteiger partial charge is 0.319 e. The number of anilines is 1. The highest BCUT2D eigenvalue weighted by molar-refractivity contribution is 6.42.